The monoisotopic (exact) mass is 1070 g/mol. The molecule has 0 spiro atoms. The summed E-state index contributed by atoms with van der Waals surface area (Å²) in [5.41, 5.74) is 0. The smallest absolute Gasteiger partial charge is 0.220 e. The van der Waals surface area contributed by atoms with Crippen LogP contribution in [0.3, 0.4) is 0 Å². The third-order valence-corrected chi connectivity index (χ3v) is 15.3. The zero-order valence-electron chi connectivity index (χ0n) is 49.5. The largest absolute Gasteiger partial charge is 0.394 e. The summed E-state index contributed by atoms with van der Waals surface area (Å²) in [7, 11) is 0. The number of hydrogen-bond acceptors (Lipinski definition) is 8. The summed E-state index contributed by atoms with van der Waals surface area (Å²) >= 11 is 0. The fourth-order valence-electron chi connectivity index (χ4n) is 10.3. The van der Waals surface area contributed by atoms with Crippen molar-refractivity contribution in [2.45, 2.75) is 346 Å². The minimum absolute atomic E-state index is 0.172. The number of carbonyl (C=O) groups excluding carboxylic acids is 1. The highest BCUT2D eigenvalue weighted by Gasteiger charge is 2.44. The van der Waals surface area contributed by atoms with Crippen molar-refractivity contribution in [3.05, 3.63) is 60.8 Å². The van der Waals surface area contributed by atoms with Gasteiger partial charge in [-0.2, -0.15) is 0 Å². The van der Waals surface area contributed by atoms with Crippen LogP contribution in [0, 0.1) is 0 Å². The number of aliphatic hydroxyl groups is 5. The molecular formula is C67H123NO8. The highest BCUT2D eigenvalue weighted by atomic mass is 16.7. The third kappa shape index (κ3) is 44.7. The average molecular weight is 1070 g/mol. The van der Waals surface area contributed by atoms with E-state index >= 15 is 0 Å². The van der Waals surface area contributed by atoms with Crippen molar-refractivity contribution in [3.63, 3.8) is 0 Å². The highest BCUT2D eigenvalue weighted by Crippen LogP contribution is 2.23. The number of nitrogens with one attached hydrogen (secondary N) is 1. The number of hydrogen-bond donors (Lipinski definition) is 6. The molecule has 1 fully saturated rings. The van der Waals surface area contributed by atoms with Crippen LogP contribution in [0.5, 0.6) is 0 Å². The van der Waals surface area contributed by atoms with E-state index in [9.17, 15) is 30.3 Å². The second kappa shape index (κ2) is 56.2. The molecule has 1 rings (SSSR count). The molecule has 1 saturated heterocycles. The first-order valence-electron chi connectivity index (χ1n) is 32.5. The van der Waals surface area contributed by atoms with Crippen molar-refractivity contribution in [2.75, 3.05) is 13.2 Å². The van der Waals surface area contributed by atoms with Gasteiger partial charge in [0.1, 0.15) is 24.4 Å². The van der Waals surface area contributed by atoms with E-state index in [1.165, 1.54) is 218 Å². The number of unbranched alkanes of at least 4 members (excludes halogenated alkanes) is 38. The number of carbonyl (C=O) groups is 1. The van der Waals surface area contributed by atoms with Gasteiger partial charge in [0.2, 0.25) is 5.91 Å². The lowest BCUT2D eigenvalue weighted by molar-refractivity contribution is -0.302. The van der Waals surface area contributed by atoms with Crippen LogP contribution < -0.4 is 5.32 Å². The maximum absolute atomic E-state index is 13.1. The van der Waals surface area contributed by atoms with E-state index < -0.39 is 49.5 Å². The summed E-state index contributed by atoms with van der Waals surface area (Å²) in [6, 6.07) is -0.804. The van der Waals surface area contributed by atoms with Gasteiger partial charge < -0.3 is 40.3 Å². The lowest BCUT2D eigenvalue weighted by atomic mass is 9.99. The summed E-state index contributed by atoms with van der Waals surface area (Å²) in [6.07, 6.45) is 70.3. The molecule has 444 valence electrons. The Balaban J connectivity index is 2.07. The van der Waals surface area contributed by atoms with Crippen molar-refractivity contribution in [3.8, 4) is 0 Å². The van der Waals surface area contributed by atoms with E-state index in [4.69, 9.17) is 9.47 Å². The number of allylic oxidation sites excluding steroid dienone is 9. The summed E-state index contributed by atoms with van der Waals surface area (Å²) in [6.45, 7) is 3.69. The Morgan fingerprint density at radius 2 is 0.816 bits per heavy atom. The molecule has 0 aromatic heterocycles. The van der Waals surface area contributed by atoms with E-state index in [0.717, 1.165) is 64.2 Å². The standard InChI is InChI=1S/C67H123NO8/c1-3-5-7-9-11-13-15-17-19-21-22-23-24-25-26-27-28-29-30-31-32-33-34-35-36-37-38-39-40-41-43-45-47-49-51-53-55-57-63(71)68-60(59-75-67-66(74)65(73)64(72)62(58-69)76-67)61(70)56-54-52-50-48-46-44-42-20-18-16-14-12-10-8-6-4-2/h5,7,11,13,17,19,22-23,54,56,60-62,64-67,69-70,72-74H,3-4,6,8-10,12,14-16,18,20-21,24-53,55,57-59H2,1-2H3,(H,68,71)/b7-5-,13-11-,19-17-,23-22-,56-54+. The molecule has 0 saturated carbocycles. The van der Waals surface area contributed by atoms with Gasteiger partial charge in [0.15, 0.2) is 6.29 Å². The Morgan fingerprint density at radius 3 is 1.21 bits per heavy atom. The maximum atomic E-state index is 13.1. The summed E-state index contributed by atoms with van der Waals surface area (Å²) in [4.78, 5) is 13.1. The second-order valence-electron chi connectivity index (χ2n) is 22.5. The van der Waals surface area contributed by atoms with Gasteiger partial charge >= 0.3 is 0 Å². The third-order valence-electron chi connectivity index (χ3n) is 15.3. The summed E-state index contributed by atoms with van der Waals surface area (Å²) in [5.74, 6) is -0.172. The zero-order chi connectivity index (χ0) is 55.0. The first kappa shape index (κ1) is 71.9. The minimum Gasteiger partial charge on any atom is -0.394 e. The highest BCUT2D eigenvalue weighted by molar-refractivity contribution is 5.76. The van der Waals surface area contributed by atoms with Crippen LogP contribution in [-0.4, -0.2) is 87.5 Å². The fourth-order valence-corrected chi connectivity index (χ4v) is 10.3. The van der Waals surface area contributed by atoms with Gasteiger partial charge in [-0.05, 0) is 57.8 Å². The normalized spacial score (nSPS) is 19.2. The topological polar surface area (TPSA) is 149 Å². The molecule has 9 nitrogen and oxygen atoms in total. The fraction of sp³-hybridized carbons (Fsp3) is 0.836. The second-order valence-corrected chi connectivity index (χ2v) is 22.5. The Kier molecular flexibility index (Phi) is 53.1. The van der Waals surface area contributed by atoms with E-state index in [1.54, 1.807) is 6.08 Å². The van der Waals surface area contributed by atoms with E-state index in [2.05, 4.69) is 67.8 Å². The molecule has 0 aliphatic carbocycles. The molecule has 1 aliphatic rings. The molecule has 1 amide bonds. The molecule has 7 unspecified atom stereocenters. The molecule has 1 heterocycles. The predicted octanol–water partition coefficient (Wildman–Crippen LogP) is 17.0. The molecule has 0 aromatic rings. The summed E-state index contributed by atoms with van der Waals surface area (Å²) < 4.78 is 11.3. The van der Waals surface area contributed by atoms with Crippen LogP contribution in [0.4, 0.5) is 0 Å². The van der Waals surface area contributed by atoms with Gasteiger partial charge in [0, 0.05) is 6.42 Å². The van der Waals surface area contributed by atoms with Crippen LogP contribution in [0.25, 0.3) is 0 Å². The molecule has 9 heteroatoms. The van der Waals surface area contributed by atoms with Gasteiger partial charge in [-0.1, -0.05) is 299 Å². The number of rotatable bonds is 56. The summed E-state index contributed by atoms with van der Waals surface area (Å²) in [5, 5.41) is 54.6. The lowest BCUT2D eigenvalue weighted by Gasteiger charge is -2.40. The molecule has 1 aliphatic heterocycles. The van der Waals surface area contributed by atoms with Crippen molar-refractivity contribution < 1.29 is 39.8 Å². The zero-order valence-corrected chi connectivity index (χ0v) is 49.5. The SMILES string of the molecule is CC/C=C\C/C=C\C/C=C\C/C=C\CCCCCCCCCCCCCCCCCCCCCCCCCCC(=O)NC(COC1OC(CO)C(O)C(O)C1O)C(O)/C=C/CCCCCCCCCCCCCCCC. The molecule has 7 atom stereocenters. The molecule has 6 N–H and O–H groups in total. The maximum Gasteiger partial charge on any atom is 0.220 e. The van der Waals surface area contributed by atoms with E-state index in [-0.39, 0.29) is 12.5 Å². The van der Waals surface area contributed by atoms with Crippen LogP contribution >= 0.6 is 0 Å². The van der Waals surface area contributed by atoms with Crippen LogP contribution in [0.1, 0.15) is 303 Å². The van der Waals surface area contributed by atoms with Crippen molar-refractivity contribution in [1.82, 2.24) is 5.32 Å². The molecule has 0 aromatic carbocycles. The van der Waals surface area contributed by atoms with Crippen molar-refractivity contribution >= 4 is 5.91 Å². The number of ether oxygens (including phenoxy) is 2. The van der Waals surface area contributed by atoms with Gasteiger partial charge in [0.05, 0.1) is 25.4 Å². The van der Waals surface area contributed by atoms with Crippen LogP contribution in [-0.2, 0) is 14.3 Å². The van der Waals surface area contributed by atoms with Gasteiger partial charge in [0.25, 0.3) is 0 Å². The molecule has 0 bridgehead atoms. The number of aliphatic hydroxyl groups excluding tert-OH is 5. The molecular weight excluding hydrogens is 947 g/mol. The predicted molar refractivity (Wildman–Crippen MR) is 322 cm³/mol. The van der Waals surface area contributed by atoms with Crippen molar-refractivity contribution in [2.24, 2.45) is 0 Å². The Bertz CT molecular complexity index is 1380. The first-order chi connectivity index (χ1) is 37.3. The van der Waals surface area contributed by atoms with Gasteiger partial charge in [-0.15, -0.1) is 0 Å². The Morgan fingerprint density at radius 1 is 0.461 bits per heavy atom. The van der Waals surface area contributed by atoms with E-state index in [0.29, 0.717) is 6.42 Å². The average Bonchev–Trinajstić information content (AvgIpc) is 3.42. The molecule has 0 radical (unpaired) electrons. The number of amides is 1. The minimum atomic E-state index is -1.57. The van der Waals surface area contributed by atoms with Gasteiger partial charge in [-0.25, -0.2) is 0 Å². The van der Waals surface area contributed by atoms with E-state index in [1.807, 2.05) is 6.08 Å². The van der Waals surface area contributed by atoms with Crippen LogP contribution in [0.15, 0.2) is 60.8 Å². The Labute approximate surface area is 468 Å². The van der Waals surface area contributed by atoms with Crippen LogP contribution in [0.2, 0.25) is 0 Å². The quantitative estimate of drug-likeness (QED) is 0.0261. The molecule has 76 heavy (non-hydrogen) atoms. The Hall–Kier alpha value is -2.11. The lowest BCUT2D eigenvalue weighted by Crippen LogP contribution is -2.60. The van der Waals surface area contributed by atoms with Gasteiger partial charge in [-0.3, -0.25) is 4.79 Å². The first-order valence-corrected chi connectivity index (χ1v) is 32.5. The van der Waals surface area contributed by atoms with Crippen molar-refractivity contribution in [1.29, 1.82) is 0 Å².